The highest BCUT2D eigenvalue weighted by Gasteiger charge is 2.77. The van der Waals surface area contributed by atoms with Gasteiger partial charge in [0, 0.05) is 22.7 Å². The van der Waals surface area contributed by atoms with Crippen LogP contribution in [0.15, 0.2) is 46.3 Å². The van der Waals surface area contributed by atoms with Crippen LogP contribution in [0.25, 0.3) is 0 Å². The van der Waals surface area contributed by atoms with Crippen molar-refractivity contribution in [2.45, 2.75) is 64.8 Å². The summed E-state index contributed by atoms with van der Waals surface area (Å²) in [6.45, 7) is 7.96. The molecule has 2 saturated heterocycles. The van der Waals surface area contributed by atoms with Crippen LogP contribution >= 0.6 is 0 Å². The minimum atomic E-state index is -0.987. The van der Waals surface area contributed by atoms with Gasteiger partial charge in [-0.25, -0.2) is 0 Å². The average Bonchev–Trinajstić information content (AvgIpc) is 3.54. The van der Waals surface area contributed by atoms with Crippen LogP contribution in [0.1, 0.15) is 52.0 Å². The van der Waals surface area contributed by atoms with E-state index >= 15 is 0 Å². The third-order valence-electron chi connectivity index (χ3n) is 9.91. The first kappa shape index (κ1) is 21.8. The first-order valence-electron chi connectivity index (χ1n) is 12.0. The van der Waals surface area contributed by atoms with Crippen molar-refractivity contribution >= 4 is 17.7 Å². The van der Waals surface area contributed by atoms with Crippen LogP contribution in [-0.2, 0) is 28.6 Å². The van der Waals surface area contributed by atoms with Crippen molar-refractivity contribution in [3.05, 3.63) is 47.5 Å². The Bertz CT molecular complexity index is 1160. The SMILES string of the molecule is COC(=O)C[C@H]1[C@]2(C)C3=C(C)[C@@H](c4ccoc4)C[C@H]3O[C@@H]2[C@@H]2OC(=O)[C@]3(C)C=CC(=O)[C@@]1(C)[C@@H]23. The van der Waals surface area contributed by atoms with Gasteiger partial charge >= 0.3 is 11.9 Å². The number of ether oxygens (including phenoxy) is 3. The maximum atomic E-state index is 13.7. The second-order valence-electron chi connectivity index (χ2n) is 11.2. The maximum absolute atomic E-state index is 13.7. The molecule has 0 N–H and O–H groups in total. The van der Waals surface area contributed by atoms with Crippen LogP contribution in [0.2, 0.25) is 0 Å². The summed E-state index contributed by atoms with van der Waals surface area (Å²) in [6.07, 6.45) is 6.29. The monoisotopic (exact) mass is 466 g/mol. The molecular formula is C27H30O7. The number of rotatable bonds is 3. The molecule has 2 aliphatic heterocycles. The minimum Gasteiger partial charge on any atom is -0.472 e. The van der Waals surface area contributed by atoms with Gasteiger partial charge in [0.2, 0.25) is 0 Å². The summed E-state index contributed by atoms with van der Waals surface area (Å²) in [6, 6.07) is 1.97. The highest BCUT2D eigenvalue weighted by Crippen LogP contribution is 2.72. The standard InChI is InChI=1S/C27H30O7/c1-13-15(14-7-9-32-12-14)10-16-20(13)27(4)17(11-19(29)31-5)26(3)18(28)6-8-25(2)22(26)21(23(27)33-16)34-24(25)30/h6-9,12,15-17,21-23H,10-11H2,1-5H3/t15-,16+,17+,21+,22-,23+,25+,26-,27+/m0/s1. The molecule has 9 atom stereocenters. The van der Waals surface area contributed by atoms with Crippen LogP contribution in [0, 0.1) is 28.1 Å². The fraction of sp³-hybridized carbons (Fsp3) is 0.593. The van der Waals surface area contributed by atoms with E-state index in [2.05, 4.69) is 13.8 Å². The lowest BCUT2D eigenvalue weighted by Crippen LogP contribution is -2.66. The van der Waals surface area contributed by atoms with Crippen molar-refractivity contribution < 1.29 is 33.0 Å². The van der Waals surface area contributed by atoms with E-state index in [4.69, 9.17) is 18.6 Å². The number of carbonyl (C=O) groups excluding carboxylic acids is 3. The summed E-state index contributed by atoms with van der Waals surface area (Å²) >= 11 is 0. The Labute approximate surface area is 198 Å². The van der Waals surface area contributed by atoms with Gasteiger partial charge in [-0.2, -0.15) is 0 Å². The highest BCUT2D eigenvalue weighted by molar-refractivity contribution is 6.00. The molecule has 7 nitrogen and oxygen atoms in total. The number of ketones is 1. The smallest absolute Gasteiger partial charge is 0.316 e. The molecular weight excluding hydrogens is 436 g/mol. The maximum Gasteiger partial charge on any atom is 0.316 e. The number of allylic oxidation sites excluding steroid dienone is 2. The lowest BCUT2D eigenvalue weighted by molar-refractivity contribution is -0.190. The lowest BCUT2D eigenvalue weighted by atomic mass is 9.42. The Morgan fingerprint density at radius 3 is 2.65 bits per heavy atom. The quantitative estimate of drug-likeness (QED) is 0.495. The van der Waals surface area contributed by atoms with Crippen molar-refractivity contribution in [1.29, 1.82) is 0 Å². The predicted octanol–water partition coefficient (Wildman–Crippen LogP) is 3.74. The summed E-state index contributed by atoms with van der Waals surface area (Å²) in [5, 5.41) is 0. The summed E-state index contributed by atoms with van der Waals surface area (Å²) in [4.78, 5) is 39.6. The number of hydrogen-bond donors (Lipinski definition) is 0. The van der Waals surface area contributed by atoms with Crippen LogP contribution in [0.5, 0.6) is 0 Å². The second-order valence-corrected chi connectivity index (χ2v) is 11.2. The molecule has 6 rings (SSSR count). The number of methoxy groups -OCH3 is 1. The molecule has 0 aromatic carbocycles. The first-order valence-corrected chi connectivity index (χ1v) is 12.0. The Kier molecular flexibility index (Phi) is 4.31. The summed E-state index contributed by atoms with van der Waals surface area (Å²) in [7, 11) is 1.37. The number of hydrogen-bond acceptors (Lipinski definition) is 7. The van der Waals surface area contributed by atoms with E-state index in [1.54, 1.807) is 18.6 Å². The molecule has 34 heavy (non-hydrogen) atoms. The number of fused-ring (bicyclic) bond motifs is 4. The molecule has 3 heterocycles. The van der Waals surface area contributed by atoms with Gasteiger partial charge in [0.25, 0.3) is 0 Å². The highest BCUT2D eigenvalue weighted by atomic mass is 16.6. The number of esters is 2. The molecule has 0 spiro atoms. The molecule has 3 aliphatic carbocycles. The van der Waals surface area contributed by atoms with Crippen LogP contribution in [-0.4, -0.2) is 43.1 Å². The molecule has 1 aromatic heterocycles. The molecule has 5 aliphatic rings. The molecule has 0 bridgehead atoms. The lowest BCUT2D eigenvalue weighted by Gasteiger charge is -2.59. The fourth-order valence-corrected chi connectivity index (χ4v) is 8.41. The van der Waals surface area contributed by atoms with Crippen LogP contribution in [0.3, 0.4) is 0 Å². The summed E-state index contributed by atoms with van der Waals surface area (Å²) in [5.74, 6) is -1.46. The zero-order valence-corrected chi connectivity index (χ0v) is 20.1. The zero-order chi connectivity index (χ0) is 24.2. The molecule has 180 valence electrons. The molecule has 0 radical (unpaired) electrons. The molecule has 1 saturated carbocycles. The van der Waals surface area contributed by atoms with Gasteiger partial charge in [0.15, 0.2) is 5.78 Å². The normalized spacial score (nSPS) is 46.3. The van der Waals surface area contributed by atoms with Gasteiger partial charge < -0.3 is 18.6 Å². The third kappa shape index (κ3) is 2.34. The van der Waals surface area contributed by atoms with Crippen molar-refractivity contribution in [3.8, 4) is 0 Å². The van der Waals surface area contributed by atoms with Gasteiger partial charge in [-0.3, -0.25) is 14.4 Å². The molecule has 0 amide bonds. The Hall–Kier alpha value is -2.67. The van der Waals surface area contributed by atoms with Gasteiger partial charge in [0.1, 0.15) is 12.2 Å². The van der Waals surface area contributed by atoms with Crippen LogP contribution < -0.4 is 0 Å². The fourth-order valence-electron chi connectivity index (χ4n) is 8.41. The third-order valence-corrected chi connectivity index (χ3v) is 9.91. The Morgan fingerprint density at radius 1 is 1.21 bits per heavy atom. The van der Waals surface area contributed by atoms with Gasteiger partial charge in [-0.15, -0.1) is 0 Å². The van der Waals surface area contributed by atoms with E-state index in [0.717, 1.165) is 17.6 Å². The van der Waals surface area contributed by atoms with E-state index < -0.39 is 40.3 Å². The second kappa shape index (κ2) is 6.72. The van der Waals surface area contributed by atoms with Gasteiger partial charge in [-0.05, 0) is 49.5 Å². The minimum absolute atomic E-state index is 0.0658. The van der Waals surface area contributed by atoms with Crippen molar-refractivity contribution in [1.82, 2.24) is 0 Å². The van der Waals surface area contributed by atoms with Crippen molar-refractivity contribution in [2.75, 3.05) is 7.11 Å². The molecule has 7 heteroatoms. The summed E-state index contributed by atoms with van der Waals surface area (Å²) in [5.41, 5.74) is 0.794. The number of carbonyl (C=O) groups is 3. The Morgan fingerprint density at radius 2 is 1.97 bits per heavy atom. The predicted molar refractivity (Wildman–Crippen MR) is 119 cm³/mol. The van der Waals surface area contributed by atoms with Gasteiger partial charge in [0.05, 0.1) is 37.6 Å². The average molecular weight is 467 g/mol. The van der Waals surface area contributed by atoms with E-state index in [1.807, 2.05) is 19.9 Å². The first-order chi connectivity index (χ1) is 16.1. The molecule has 1 aromatic rings. The molecule has 0 unspecified atom stereocenters. The topological polar surface area (TPSA) is 92.0 Å². The largest absolute Gasteiger partial charge is 0.472 e. The Balaban J connectivity index is 1.58. The van der Waals surface area contributed by atoms with Crippen molar-refractivity contribution in [2.24, 2.45) is 28.1 Å². The number of furan rings is 1. The van der Waals surface area contributed by atoms with Crippen LogP contribution in [0.4, 0.5) is 0 Å². The molecule has 3 fully saturated rings. The summed E-state index contributed by atoms with van der Waals surface area (Å²) < 4.78 is 23.2. The van der Waals surface area contributed by atoms with E-state index in [9.17, 15) is 14.4 Å². The zero-order valence-electron chi connectivity index (χ0n) is 20.1. The van der Waals surface area contributed by atoms with Gasteiger partial charge in [-0.1, -0.05) is 25.5 Å². The van der Waals surface area contributed by atoms with E-state index in [-0.39, 0.29) is 36.2 Å². The van der Waals surface area contributed by atoms with E-state index in [0.29, 0.717) is 0 Å². The van der Waals surface area contributed by atoms with E-state index in [1.165, 1.54) is 18.8 Å². The van der Waals surface area contributed by atoms with Crippen molar-refractivity contribution in [3.63, 3.8) is 0 Å².